The van der Waals surface area contributed by atoms with Crippen molar-refractivity contribution in [2.24, 2.45) is 11.3 Å². The third kappa shape index (κ3) is 5.08. The van der Waals surface area contributed by atoms with Gasteiger partial charge in [0.15, 0.2) is 5.41 Å². The second-order valence-electron chi connectivity index (χ2n) is 6.67. The quantitative estimate of drug-likeness (QED) is 0.359. The Balaban J connectivity index is 0.000000381. The lowest BCUT2D eigenvalue weighted by Crippen LogP contribution is -2.49. The molecule has 0 N–H and O–H groups in total. The predicted octanol–water partition coefficient (Wildman–Crippen LogP) is 5.53. The molecule has 146 valence electrons. The minimum Gasteiger partial charge on any atom is -0.466 e. The molecule has 0 amide bonds. The van der Waals surface area contributed by atoms with E-state index in [9.17, 15) is 31.1 Å². The number of methoxy groups -OCH3 is 1. The smallest absolute Gasteiger partial charge is 0.402 e. The topological polar surface area (TPSA) is 26.3 Å². The van der Waals surface area contributed by atoms with Gasteiger partial charge in [0.2, 0.25) is 0 Å². The molecule has 2 nitrogen and oxygen atoms in total. The molecule has 0 aromatic heterocycles. The number of esters is 1. The first kappa shape index (κ1) is 22.2. The zero-order valence-electron chi connectivity index (χ0n) is 14.3. The fourth-order valence-electron chi connectivity index (χ4n) is 3.05. The van der Waals surface area contributed by atoms with Crippen LogP contribution in [0.3, 0.4) is 0 Å². The number of carbonyl (C=O) groups is 1. The van der Waals surface area contributed by atoms with Gasteiger partial charge in [-0.05, 0) is 45.4 Å². The third-order valence-corrected chi connectivity index (χ3v) is 6.47. The van der Waals surface area contributed by atoms with Crippen LogP contribution in [0.5, 0.6) is 0 Å². The van der Waals surface area contributed by atoms with Gasteiger partial charge in [0, 0.05) is 16.1 Å². The number of hydrogen-bond donors (Lipinski definition) is 0. The van der Waals surface area contributed by atoms with E-state index in [0.29, 0.717) is 18.9 Å². The molecule has 9 heteroatoms. The summed E-state index contributed by atoms with van der Waals surface area (Å²) in [4.78, 5) is 10.2. The van der Waals surface area contributed by atoms with E-state index < -0.39 is 30.1 Å². The lowest BCUT2D eigenvalue weighted by molar-refractivity contribution is -0.339. The molecular formula is C16H22F6O2S. The molecule has 0 aromatic rings. The van der Waals surface area contributed by atoms with Crippen LogP contribution in [0.4, 0.5) is 26.3 Å². The summed E-state index contributed by atoms with van der Waals surface area (Å²) in [7, 11) is 1.33. The third-order valence-electron chi connectivity index (χ3n) is 4.69. The first-order valence-corrected chi connectivity index (χ1v) is 8.70. The Bertz CT molecular complexity index is 486. The van der Waals surface area contributed by atoms with Crippen molar-refractivity contribution in [1.29, 1.82) is 0 Å². The Morgan fingerprint density at radius 3 is 1.92 bits per heavy atom. The summed E-state index contributed by atoms with van der Waals surface area (Å²) < 4.78 is 80.9. The fraction of sp³-hybridized carbons (Fsp3) is 0.812. The number of hydrogen-bond acceptors (Lipinski definition) is 3. The molecule has 2 aliphatic heterocycles. The first-order chi connectivity index (χ1) is 11.2. The maximum Gasteiger partial charge on any atom is 0.402 e. The number of thioether (sulfide) groups is 1. The van der Waals surface area contributed by atoms with E-state index in [1.165, 1.54) is 7.11 Å². The average Bonchev–Trinajstić information content (AvgIpc) is 3.07. The van der Waals surface area contributed by atoms with Gasteiger partial charge in [-0.1, -0.05) is 6.58 Å². The molecule has 3 unspecified atom stereocenters. The highest BCUT2D eigenvalue weighted by atomic mass is 32.2. The number of ether oxygens (including phenoxy) is 1. The van der Waals surface area contributed by atoms with Gasteiger partial charge >= 0.3 is 18.3 Å². The second-order valence-corrected chi connectivity index (χ2v) is 8.22. The summed E-state index contributed by atoms with van der Waals surface area (Å²) in [5, 5.41) is 0.254. The minimum atomic E-state index is -5.24. The van der Waals surface area contributed by atoms with E-state index in [4.69, 9.17) is 0 Å². The van der Waals surface area contributed by atoms with Crippen LogP contribution in [0, 0.1) is 11.3 Å². The van der Waals surface area contributed by atoms with Crippen molar-refractivity contribution in [2.75, 3.05) is 7.11 Å². The minimum absolute atomic E-state index is 0.0148. The Hall–Kier alpha value is -0.860. The Morgan fingerprint density at radius 2 is 1.68 bits per heavy atom. The molecule has 3 atom stereocenters. The van der Waals surface area contributed by atoms with E-state index in [1.54, 1.807) is 18.7 Å². The molecule has 2 heterocycles. The fourth-order valence-corrected chi connectivity index (χ4v) is 4.88. The van der Waals surface area contributed by atoms with E-state index in [-0.39, 0.29) is 16.5 Å². The standard InChI is InChI=1S/C11H14F6S.C5H8O2/c1-9(10(12,13)14,11(15,16)17)5-6-4-7-2-3-8(6)18-7;1-4(2)5(6)7-3/h6-8H,2-5H2,1H3;1H2,2-3H3. The van der Waals surface area contributed by atoms with Crippen LogP contribution in [-0.2, 0) is 9.53 Å². The highest BCUT2D eigenvalue weighted by Crippen LogP contribution is 2.59. The number of halogens is 6. The van der Waals surface area contributed by atoms with Crippen molar-refractivity contribution in [3.8, 4) is 0 Å². The number of alkyl halides is 6. The van der Waals surface area contributed by atoms with Crippen LogP contribution in [0.2, 0.25) is 0 Å². The maximum absolute atomic E-state index is 12.8. The first-order valence-electron chi connectivity index (χ1n) is 7.75. The van der Waals surface area contributed by atoms with Crippen LogP contribution in [0.1, 0.15) is 39.5 Å². The summed E-state index contributed by atoms with van der Waals surface area (Å²) >= 11 is 1.57. The SMILES string of the molecule is C=C(C)C(=O)OC.CC(CC1CC2CCC1S2)(C(F)(F)F)C(F)(F)F. The molecular weight excluding hydrogens is 370 g/mol. The van der Waals surface area contributed by atoms with E-state index in [0.717, 1.165) is 12.8 Å². The molecule has 2 fully saturated rings. The summed E-state index contributed by atoms with van der Waals surface area (Å²) in [6.07, 6.45) is -9.12. The molecule has 2 rings (SSSR count). The van der Waals surface area contributed by atoms with Crippen molar-refractivity contribution in [3.63, 3.8) is 0 Å². The van der Waals surface area contributed by atoms with E-state index in [2.05, 4.69) is 11.3 Å². The molecule has 2 bridgehead atoms. The van der Waals surface area contributed by atoms with Crippen molar-refractivity contribution in [1.82, 2.24) is 0 Å². The maximum atomic E-state index is 12.8. The number of carbonyl (C=O) groups excluding carboxylic acids is 1. The van der Waals surface area contributed by atoms with Gasteiger partial charge in [0.05, 0.1) is 7.11 Å². The van der Waals surface area contributed by atoms with Gasteiger partial charge in [0.25, 0.3) is 0 Å². The van der Waals surface area contributed by atoms with Crippen LogP contribution in [0.15, 0.2) is 12.2 Å². The largest absolute Gasteiger partial charge is 0.466 e. The van der Waals surface area contributed by atoms with Gasteiger partial charge in [-0.3, -0.25) is 0 Å². The van der Waals surface area contributed by atoms with Gasteiger partial charge in [-0.25, -0.2) is 4.79 Å². The molecule has 0 aromatic carbocycles. The van der Waals surface area contributed by atoms with E-state index >= 15 is 0 Å². The average molecular weight is 392 g/mol. The molecule has 0 radical (unpaired) electrons. The van der Waals surface area contributed by atoms with Gasteiger partial charge in [0.1, 0.15) is 0 Å². The second kappa shape index (κ2) is 7.80. The van der Waals surface area contributed by atoms with E-state index in [1.807, 2.05) is 0 Å². The Kier molecular flexibility index (Phi) is 6.92. The lowest BCUT2D eigenvalue weighted by atomic mass is 9.74. The summed E-state index contributed by atoms with van der Waals surface area (Å²) in [6.45, 7) is 5.25. The molecule has 25 heavy (non-hydrogen) atoms. The zero-order chi connectivity index (χ0) is 19.6. The molecule has 0 saturated carbocycles. The predicted molar refractivity (Wildman–Crippen MR) is 84.2 cm³/mol. The highest BCUT2D eigenvalue weighted by Gasteiger charge is 2.68. The lowest BCUT2D eigenvalue weighted by Gasteiger charge is -2.37. The molecule has 2 aliphatic rings. The summed E-state index contributed by atoms with van der Waals surface area (Å²) in [5.74, 6) is -0.804. The highest BCUT2D eigenvalue weighted by molar-refractivity contribution is 8.01. The van der Waals surface area contributed by atoms with Crippen molar-refractivity contribution >= 4 is 17.7 Å². The normalized spacial score (nSPS) is 26.0. The van der Waals surface area contributed by atoms with Gasteiger partial charge < -0.3 is 4.74 Å². The van der Waals surface area contributed by atoms with Crippen LogP contribution in [0.25, 0.3) is 0 Å². The molecule has 0 spiro atoms. The van der Waals surface area contributed by atoms with Gasteiger partial charge in [-0.2, -0.15) is 38.1 Å². The van der Waals surface area contributed by atoms with Crippen molar-refractivity contribution in [3.05, 3.63) is 12.2 Å². The van der Waals surface area contributed by atoms with Crippen LogP contribution in [-0.4, -0.2) is 35.9 Å². The summed E-state index contributed by atoms with van der Waals surface area (Å²) in [6, 6.07) is 0. The van der Waals surface area contributed by atoms with Crippen LogP contribution >= 0.6 is 11.8 Å². The van der Waals surface area contributed by atoms with Crippen molar-refractivity contribution < 1.29 is 35.9 Å². The van der Waals surface area contributed by atoms with Gasteiger partial charge in [-0.15, -0.1) is 0 Å². The number of rotatable bonds is 3. The summed E-state index contributed by atoms with van der Waals surface area (Å²) in [5.41, 5.74) is -3.14. The molecule has 0 aliphatic carbocycles. The monoisotopic (exact) mass is 392 g/mol. The number of fused-ring (bicyclic) bond motifs is 2. The van der Waals surface area contributed by atoms with Crippen LogP contribution < -0.4 is 0 Å². The zero-order valence-corrected chi connectivity index (χ0v) is 15.1. The Labute approximate surface area is 147 Å². The Morgan fingerprint density at radius 1 is 1.16 bits per heavy atom. The van der Waals surface area contributed by atoms with Crippen molar-refractivity contribution in [2.45, 2.75) is 62.4 Å². The molecule has 2 saturated heterocycles.